The van der Waals surface area contributed by atoms with Gasteiger partial charge >= 0.3 is 0 Å². The number of hydrogen-bond donors (Lipinski definition) is 3. The molecule has 0 aliphatic carbocycles. The molecule has 0 bridgehead atoms. The monoisotopic (exact) mass is 299 g/mol. The lowest BCUT2D eigenvalue weighted by molar-refractivity contribution is -0.0192. The van der Waals surface area contributed by atoms with Crippen LogP contribution in [-0.4, -0.2) is 35.0 Å². The molecule has 0 aromatic rings. The number of aliphatic hydroxyl groups is 2. The summed E-state index contributed by atoms with van der Waals surface area (Å²) in [6, 6.07) is 0.151. The number of rotatable bonds is 14. The molecular formula is C18H37NO2. The summed E-state index contributed by atoms with van der Waals surface area (Å²) in [5.74, 6) is 0. The van der Waals surface area contributed by atoms with E-state index in [0.717, 1.165) is 6.42 Å². The number of aliphatic hydroxyl groups excluding tert-OH is 2. The van der Waals surface area contributed by atoms with Crippen molar-refractivity contribution >= 4 is 0 Å². The van der Waals surface area contributed by atoms with Gasteiger partial charge in [0.05, 0.1) is 18.8 Å². The van der Waals surface area contributed by atoms with Crippen molar-refractivity contribution in [3.05, 3.63) is 0 Å². The molecule has 0 aromatic heterocycles. The Balaban J connectivity index is 1.73. The van der Waals surface area contributed by atoms with Crippen LogP contribution in [0.4, 0.5) is 0 Å². The summed E-state index contributed by atoms with van der Waals surface area (Å²) in [5.41, 5.74) is 0. The van der Waals surface area contributed by atoms with Crippen molar-refractivity contribution in [2.45, 2.75) is 109 Å². The van der Waals surface area contributed by atoms with Crippen molar-refractivity contribution in [2.24, 2.45) is 0 Å². The van der Waals surface area contributed by atoms with Crippen molar-refractivity contribution in [1.82, 2.24) is 5.32 Å². The second kappa shape index (κ2) is 12.4. The molecule has 0 amide bonds. The van der Waals surface area contributed by atoms with E-state index in [1.807, 2.05) is 0 Å². The van der Waals surface area contributed by atoms with Gasteiger partial charge in [0.1, 0.15) is 0 Å². The van der Waals surface area contributed by atoms with E-state index in [4.69, 9.17) is 5.11 Å². The molecule has 0 spiro atoms. The van der Waals surface area contributed by atoms with Crippen molar-refractivity contribution in [3.63, 3.8) is 0 Å². The summed E-state index contributed by atoms with van der Waals surface area (Å²) in [6.45, 7) is 2.32. The van der Waals surface area contributed by atoms with Gasteiger partial charge in [-0.3, -0.25) is 0 Å². The highest BCUT2D eigenvalue weighted by molar-refractivity contribution is 4.97. The van der Waals surface area contributed by atoms with Crippen molar-refractivity contribution < 1.29 is 10.2 Å². The van der Waals surface area contributed by atoms with Crippen LogP contribution in [0.15, 0.2) is 0 Å². The van der Waals surface area contributed by atoms with E-state index in [1.165, 1.54) is 77.0 Å². The Morgan fingerprint density at radius 2 is 1.19 bits per heavy atom. The molecule has 0 aromatic carbocycles. The first kappa shape index (κ1) is 18.9. The fourth-order valence-corrected chi connectivity index (χ4v) is 3.25. The van der Waals surface area contributed by atoms with Crippen LogP contribution in [0.3, 0.4) is 0 Å². The molecule has 126 valence electrons. The summed E-state index contributed by atoms with van der Waals surface area (Å²) in [6.07, 6.45) is 17.2. The van der Waals surface area contributed by atoms with E-state index in [-0.39, 0.29) is 24.8 Å². The molecule has 0 radical (unpaired) electrons. The largest absolute Gasteiger partial charge is 0.395 e. The molecule has 3 nitrogen and oxygen atoms in total. The average Bonchev–Trinajstić information content (AvgIpc) is 2.50. The zero-order valence-corrected chi connectivity index (χ0v) is 14.0. The van der Waals surface area contributed by atoms with Gasteiger partial charge in [-0.25, -0.2) is 0 Å². The van der Waals surface area contributed by atoms with Crippen LogP contribution in [0.25, 0.3) is 0 Å². The van der Waals surface area contributed by atoms with Crippen LogP contribution in [0.5, 0.6) is 0 Å². The fourth-order valence-electron chi connectivity index (χ4n) is 3.25. The zero-order chi connectivity index (χ0) is 15.3. The smallest absolute Gasteiger partial charge is 0.0868 e. The fraction of sp³-hybridized carbons (Fsp3) is 1.00. The highest BCUT2D eigenvalue weighted by Crippen LogP contribution is 2.19. The van der Waals surface area contributed by atoms with Crippen LogP contribution in [-0.2, 0) is 0 Å². The summed E-state index contributed by atoms with van der Waals surface area (Å²) in [5, 5.41) is 21.9. The molecule has 3 N–H and O–H groups in total. The molecule has 3 heteroatoms. The second-order valence-corrected chi connectivity index (χ2v) is 6.73. The Kier molecular flexibility index (Phi) is 11.2. The van der Waals surface area contributed by atoms with Gasteiger partial charge < -0.3 is 15.5 Å². The standard InChI is InChI=1S/C18H37NO2/c1-2-3-4-5-6-7-8-9-10-11-12-13-14-16-18(21)17(15-20)19-16/h16-21H,2-15H2,1H3/t16-,17-,18+/m0/s1. The SMILES string of the molecule is CCCCCCCCCCCCCC[C@@H]1N[C@@H](CO)[C@@H]1O. The number of unbranched alkanes of at least 4 members (excludes halogenated alkanes) is 11. The Hall–Kier alpha value is -0.120. The van der Waals surface area contributed by atoms with E-state index < -0.39 is 0 Å². The molecule has 1 saturated heterocycles. The highest BCUT2D eigenvalue weighted by Gasteiger charge is 2.37. The predicted molar refractivity (Wildman–Crippen MR) is 89.5 cm³/mol. The minimum Gasteiger partial charge on any atom is -0.395 e. The van der Waals surface area contributed by atoms with Gasteiger partial charge in [-0.15, -0.1) is 0 Å². The lowest BCUT2D eigenvalue weighted by atomic mass is 9.89. The van der Waals surface area contributed by atoms with Crippen LogP contribution in [0.1, 0.15) is 90.4 Å². The Morgan fingerprint density at radius 1 is 0.714 bits per heavy atom. The number of hydrogen-bond acceptors (Lipinski definition) is 3. The van der Waals surface area contributed by atoms with Crippen LogP contribution >= 0.6 is 0 Å². The Morgan fingerprint density at radius 3 is 1.62 bits per heavy atom. The average molecular weight is 299 g/mol. The predicted octanol–water partition coefficient (Wildman–Crippen LogP) is 3.77. The minimum absolute atomic E-state index is 0.0517. The van der Waals surface area contributed by atoms with Gasteiger partial charge in [0.15, 0.2) is 0 Å². The van der Waals surface area contributed by atoms with Crippen molar-refractivity contribution in [3.8, 4) is 0 Å². The van der Waals surface area contributed by atoms with E-state index in [0.29, 0.717) is 0 Å². The van der Waals surface area contributed by atoms with Crippen LogP contribution < -0.4 is 5.32 Å². The first-order chi connectivity index (χ1) is 10.3. The van der Waals surface area contributed by atoms with Gasteiger partial charge in [0.25, 0.3) is 0 Å². The molecular weight excluding hydrogens is 262 g/mol. The lowest BCUT2D eigenvalue weighted by Crippen LogP contribution is -2.66. The first-order valence-corrected chi connectivity index (χ1v) is 9.34. The third-order valence-corrected chi connectivity index (χ3v) is 4.82. The molecule has 1 aliphatic heterocycles. The maximum atomic E-state index is 9.72. The van der Waals surface area contributed by atoms with Gasteiger partial charge in [-0.05, 0) is 6.42 Å². The van der Waals surface area contributed by atoms with Crippen LogP contribution in [0, 0.1) is 0 Å². The minimum atomic E-state index is -0.331. The normalized spacial score (nSPS) is 25.0. The molecule has 1 aliphatic rings. The lowest BCUT2D eigenvalue weighted by Gasteiger charge is -2.42. The third kappa shape index (κ3) is 8.18. The number of nitrogens with one attached hydrogen (secondary N) is 1. The van der Waals surface area contributed by atoms with E-state index in [1.54, 1.807) is 0 Å². The van der Waals surface area contributed by atoms with E-state index >= 15 is 0 Å². The molecule has 1 fully saturated rings. The molecule has 1 heterocycles. The van der Waals surface area contributed by atoms with E-state index in [9.17, 15) is 5.11 Å². The van der Waals surface area contributed by atoms with Gasteiger partial charge in [0.2, 0.25) is 0 Å². The topological polar surface area (TPSA) is 52.5 Å². The molecule has 1 rings (SSSR count). The summed E-state index contributed by atoms with van der Waals surface area (Å²) in [4.78, 5) is 0. The summed E-state index contributed by atoms with van der Waals surface area (Å²) in [7, 11) is 0. The van der Waals surface area contributed by atoms with Gasteiger partial charge in [0, 0.05) is 6.04 Å². The van der Waals surface area contributed by atoms with Crippen LogP contribution in [0.2, 0.25) is 0 Å². The van der Waals surface area contributed by atoms with E-state index in [2.05, 4.69) is 12.2 Å². The molecule has 0 saturated carbocycles. The molecule has 3 atom stereocenters. The zero-order valence-electron chi connectivity index (χ0n) is 14.0. The Bertz CT molecular complexity index is 235. The highest BCUT2D eigenvalue weighted by atomic mass is 16.3. The van der Waals surface area contributed by atoms with Crippen molar-refractivity contribution in [1.29, 1.82) is 0 Å². The molecule has 21 heavy (non-hydrogen) atoms. The maximum absolute atomic E-state index is 9.72. The second-order valence-electron chi connectivity index (χ2n) is 6.73. The van der Waals surface area contributed by atoms with Gasteiger partial charge in [-0.1, -0.05) is 84.0 Å². The first-order valence-electron chi connectivity index (χ1n) is 9.34. The quantitative estimate of drug-likeness (QED) is 0.428. The Labute approximate surface area is 131 Å². The molecule has 0 unspecified atom stereocenters. The third-order valence-electron chi connectivity index (χ3n) is 4.82. The summed E-state index contributed by atoms with van der Waals surface area (Å²) < 4.78 is 0. The maximum Gasteiger partial charge on any atom is 0.0868 e. The van der Waals surface area contributed by atoms with Gasteiger partial charge in [-0.2, -0.15) is 0 Å². The summed E-state index contributed by atoms with van der Waals surface area (Å²) >= 11 is 0. The van der Waals surface area contributed by atoms with Crippen molar-refractivity contribution in [2.75, 3.05) is 6.61 Å².